The number of fused-ring (bicyclic) bond motifs is 1. The van der Waals surface area contributed by atoms with E-state index in [4.69, 9.17) is 20.3 Å². The Morgan fingerprint density at radius 2 is 1.79 bits per heavy atom. The van der Waals surface area contributed by atoms with Crippen molar-refractivity contribution in [2.45, 2.75) is 69.5 Å². The average Bonchev–Trinajstić information content (AvgIpc) is 3.55. The van der Waals surface area contributed by atoms with Crippen LogP contribution in [-0.4, -0.2) is 117 Å². The maximum absolute atomic E-state index is 12.4. The van der Waals surface area contributed by atoms with Crippen molar-refractivity contribution < 1.29 is 50.0 Å². The SMILES string of the molecule is COC.COC(C)(C)C(F)(F)F.FC(F)F.[B]C([B])(CNC)N(C=O)Cc1cnn2cc(CNC(=O)c3nonc3C3CC3)nc2c1. The van der Waals surface area contributed by atoms with Crippen LogP contribution in [0.5, 0.6) is 0 Å². The molecule has 4 rings (SSSR count). The Hall–Kier alpha value is -3.71. The van der Waals surface area contributed by atoms with Gasteiger partial charge in [-0.15, -0.1) is 0 Å². The van der Waals surface area contributed by atoms with E-state index < -0.39 is 23.8 Å². The van der Waals surface area contributed by atoms with Gasteiger partial charge < -0.3 is 25.0 Å². The standard InChI is InChI=1S/C18H20B2N8O3.C5H9F3O.C2H6O.CHF3/c1-21-9-18(19,20)27(10-29)7-11-4-14-24-13(8-28(14)23-5-11)6-22-17(30)16-15(12-2-3-12)25-31-26-16;1-4(2,9-3)5(6,7)8;1-3-2;2-1(3)4/h4-5,8,10,12,21H,2-3,6-7,9H2,1H3,(H,22,30);1-3H3;1-2H3;1H. The minimum atomic E-state index is -4.28. The molecule has 3 aromatic heterocycles. The van der Waals surface area contributed by atoms with Crippen LogP contribution in [0.25, 0.3) is 5.65 Å². The van der Waals surface area contributed by atoms with Crippen LogP contribution in [0.4, 0.5) is 26.3 Å². The lowest BCUT2D eigenvalue weighted by Gasteiger charge is -2.37. The lowest BCUT2D eigenvalue weighted by atomic mass is 9.60. The lowest BCUT2D eigenvalue weighted by Crippen LogP contribution is -2.54. The molecule has 0 spiro atoms. The Labute approximate surface area is 269 Å². The predicted molar refractivity (Wildman–Crippen MR) is 157 cm³/mol. The van der Waals surface area contributed by atoms with Crippen molar-refractivity contribution in [1.82, 2.24) is 40.4 Å². The van der Waals surface area contributed by atoms with Gasteiger partial charge in [-0.3, -0.25) is 9.59 Å². The predicted octanol–water partition coefficient (Wildman–Crippen LogP) is 2.50. The largest absolute Gasteiger partial charge is 0.416 e. The van der Waals surface area contributed by atoms with Gasteiger partial charge in [-0.2, -0.15) is 31.4 Å². The fourth-order valence-corrected chi connectivity index (χ4v) is 3.35. The van der Waals surface area contributed by atoms with E-state index in [-0.39, 0.29) is 37.2 Å². The molecule has 0 unspecified atom stereocenters. The van der Waals surface area contributed by atoms with Gasteiger partial charge in [0, 0.05) is 40.3 Å². The van der Waals surface area contributed by atoms with Crippen molar-refractivity contribution in [3.8, 4) is 0 Å². The Kier molecular flexibility index (Phi) is 16.3. The highest BCUT2D eigenvalue weighted by atomic mass is 19.4. The molecule has 0 atom stereocenters. The number of imidazole rings is 1. The highest BCUT2D eigenvalue weighted by Crippen LogP contribution is 2.40. The number of halogens is 6. The summed E-state index contributed by atoms with van der Waals surface area (Å²) in [5, 5.41) is 16.1. The zero-order valence-corrected chi connectivity index (χ0v) is 26.6. The molecule has 1 aliphatic carbocycles. The Balaban J connectivity index is 0.000000576. The first-order valence-corrected chi connectivity index (χ1v) is 13.7. The van der Waals surface area contributed by atoms with Gasteiger partial charge in [0.2, 0.25) is 6.41 Å². The molecule has 21 heteroatoms. The summed E-state index contributed by atoms with van der Waals surface area (Å²) in [4.78, 5) is 29.6. The Morgan fingerprint density at radius 3 is 2.26 bits per heavy atom. The van der Waals surface area contributed by atoms with Crippen molar-refractivity contribution in [3.63, 3.8) is 0 Å². The van der Waals surface area contributed by atoms with E-state index in [2.05, 4.69) is 40.5 Å². The van der Waals surface area contributed by atoms with Gasteiger partial charge in [0.15, 0.2) is 16.9 Å². The molecule has 3 heterocycles. The van der Waals surface area contributed by atoms with Crippen molar-refractivity contribution >= 4 is 33.7 Å². The smallest absolute Gasteiger partial charge is 0.388 e. The Morgan fingerprint density at radius 1 is 1.19 bits per heavy atom. The number of alkyl halides is 6. The summed E-state index contributed by atoms with van der Waals surface area (Å²) in [5.74, 6) is -0.105. The van der Waals surface area contributed by atoms with E-state index in [1.165, 1.54) is 4.90 Å². The summed E-state index contributed by atoms with van der Waals surface area (Å²) in [6.07, 6.45) is 1.61. The molecule has 0 aliphatic heterocycles. The van der Waals surface area contributed by atoms with Gasteiger partial charge in [-0.05, 0) is 55.9 Å². The van der Waals surface area contributed by atoms with E-state index in [0.29, 0.717) is 29.0 Å². The number of hydrogen-bond donors (Lipinski definition) is 2. The molecule has 1 fully saturated rings. The van der Waals surface area contributed by atoms with Crippen LogP contribution in [0.15, 0.2) is 23.1 Å². The fourth-order valence-electron chi connectivity index (χ4n) is 3.35. The number of likely N-dealkylation sites (N-methyl/N-ethyl adjacent to an activating group) is 1. The summed E-state index contributed by atoms with van der Waals surface area (Å²) in [6, 6.07) is 1.77. The molecular weight excluding hydrogens is 640 g/mol. The second-order valence-electron chi connectivity index (χ2n) is 10.5. The number of rotatable bonds is 11. The first kappa shape index (κ1) is 41.3. The molecule has 2 amide bonds. The summed E-state index contributed by atoms with van der Waals surface area (Å²) < 4.78 is 78.9. The summed E-state index contributed by atoms with van der Waals surface area (Å²) >= 11 is 0. The number of amides is 2. The molecule has 0 bridgehead atoms. The van der Waals surface area contributed by atoms with Crippen LogP contribution < -0.4 is 10.6 Å². The van der Waals surface area contributed by atoms with Crippen molar-refractivity contribution in [3.05, 3.63) is 41.1 Å². The molecule has 0 saturated heterocycles. The highest BCUT2D eigenvalue weighted by Gasteiger charge is 2.47. The Bertz CT molecular complexity index is 1390. The second-order valence-corrected chi connectivity index (χ2v) is 10.5. The van der Waals surface area contributed by atoms with E-state index >= 15 is 0 Å². The van der Waals surface area contributed by atoms with E-state index in [0.717, 1.165) is 33.8 Å². The van der Waals surface area contributed by atoms with Crippen LogP contribution >= 0.6 is 0 Å². The highest BCUT2D eigenvalue weighted by molar-refractivity contribution is 6.40. The minimum absolute atomic E-state index is 0.170. The van der Waals surface area contributed by atoms with Crippen LogP contribution in [-0.2, 0) is 27.4 Å². The first-order valence-electron chi connectivity index (χ1n) is 13.7. The summed E-state index contributed by atoms with van der Waals surface area (Å²) in [6.45, 7) is -1.13. The summed E-state index contributed by atoms with van der Waals surface area (Å²) in [5.41, 5.74) is 0.675. The number of nitrogens with zero attached hydrogens (tertiary/aromatic N) is 6. The molecule has 47 heavy (non-hydrogen) atoms. The number of ether oxygens (including phenoxy) is 2. The third-order valence-corrected chi connectivity index (χ3v) is 6.22. The number of aromatic nitrogens is 5. The molecule has 13 nitrogen and oxygen atoms in total. The van der Waals surface area contributed by atoms with E-state index in [9.17, 15) is 35.9 Å². The third-order valence-electron chi connectivity index (χ3n) is 6.22. The van der Waals surface area contributed by atoms with Gasteiger partial charge in [-0.25, -0.2) is 14.1 Å². The topological polar surface area (TPSA) is 149 Å². The van der Waals surface area contributed by atoms with Gasteiger partial charge in [0.1, 0.15) is 5.69 Å². The normalized spacial score (nSPS) is 13.0. The van der Waals surface area contributed by atoms with Gasteiger partial charge in [0.25, 0.3) is 5.91 Å². The molecule has 1 aliphatic rings. The van der Waals surface area contributed by atoms with E-state index in [1.807, 2.05) is 0 Å². The molecule has 258 valence electrons. The average molecular weight is 676 g/mol. The first-order chi connectivity index (χ1) is 21.9. The van der Waals surface area contributed by atoms with Crippen molar-refractivity contribution in [2.24, 2.45) is 0 Å². The quantitative estimate of drug-likeness (QED) is 0.176. The van der Waals surface area contributed by atoms with Gasteiger partial charge in [0.05, 0.1) is 40.3 Å². The molecular formula is C26H36B2F6N8O5. The lowest BCUT2D eigenvalue weighted by molar-refractivity contribution is -0.255. The zero-order valence-electron chi connectivity index (χ0n) is 26.6. The second kappa shape index (κ2) is 18.6. The van der Waals surface area contributed by atoms with Crippen LogP contribution in [0, 0.1) is 0 Å². The maximum atomic E-state index is 12.4. The minimum Gasteiger partial charge on any atom is -0.388 e. The third kappa shape index (κ3) is 13.5. The fraction of sp³-hybridized carbons (Fsp3) is 0.615. The number of carbonyl (C=O) groups excluding carboxylic acids is 2. The molecule has 3 aromatic rings. The van der Waals surface area contributed by atoms with E-state index in [1.54, 1.807) is 44.2 Å². The van der Waals surface area contributed by atoms with Gasteiger partial charge >= 0.3 is 12.9 Å². The van der Waals surface area contributed by atoms with Crippen LogP contribution in [0.2, 0.25) is 0 Å². The molecule has 2 N–H and O–H groups in total. The van der Waals surface area contributed by atoms with Crippen LogP contribution in [0.3, 0.4) is 0 Å². The number of carbonyl (C=O) groups is 2. The molecule has 4 radical (unpaired) electrons. The van der Waals surface area contributed by atoms with Crippen molar-refractivity contribution in [2.75, 3.05) is 34.9 Å². The van der Waals surface area contributed by atoms with Gasteiger partial charge in [-0.1, -0.05) is 5.16 Å². The van der Waals surface area contributed by atoms with Crippen LogP contribution in [0.1, 0.15) is 60.0 Å². The maximum Gasteiger partial charge on any atom is 0.416 e. The zero-order chi connectivity index (χ0) is 36.0. The number of nitrogens with one attached hydrogen (secondary N) is 2. The molecule has 1 saturated carbocycles. The molecule has 0 aromatic carbocycles. The number of methoxy groups -OCH3 is 2. The number of hydrogen-bond acceptors (Lipinski definition) is 10. The van der Waals surface area contributed by atoms with Crippen molar-refractivity contribution in [1.29, 1.82) is 0 Å². The summed E-state index contributed by atoms with van der Waals surface area (Å²) in [7, 11) is 18.0. The monoisotopic (exact) mass is 676 g/mol.